The number of hydrogen-bond acceptors (Lipinski definition) is 4. The second-order valence-corrected chi connectivity index (χ2v) is 7.22. The molecule has 0 spiro atoms. The lowest BCUT2D eigenvalue weighted by Gasteiger charge is -2.12. The number of benzene rings is 2. The normalized spacial score (nSPS) is 12.0. The summed E-state index contributed by atoms with van der Waals surface area (Å²) in [5.41, 5.74) is 2.43. The highest BCUT2D eigenvalue weighted by Crippen LogP contribution is 2.36. The Bertz CT molecular complexity index is 1470. The van der Waals surface area contributed by atoms with Gasteiger partial charge in [-0.05, 0) is 42.3 Å². The number of aryl methyl sites for hydroxylation is 1. The molecule has 0 saturated heterocycles. The highest BCUT2D eigenvalue weighted by molar-refractivity contribution is 5.97. The SMILES string of the molecule is CCn1cnc2c(-c3ccc(F)c(-c4cccc5nc(C(F)(F)F)ccc45)c3)cnnc21. The van der Waals surface area contributed by atoms with Gasteiger partial charge in [-0.1, -0.05) is 24.3 Å². The zero-order valence-electron chi connectivity index (χ0n) is 16.7. The van der Waals surface area contributed by atoms with Crippen LogP contribution in [0.15, 0.2) is 61.1 Å². The number of pyridine rings is 1. The monoisotopic (exact) mass is 437 g/mol. The van der Waals surface area contributed by atoms with Crippen molar-refractivity contribution in [3.63, 3.8) is 0 Å². The van der Waals surface area contributed by atoms with Crippen molar-refractivity contribution < 1.29 is 17.6 Å². The van der Waals surface area contributed by atoms with Crippen LogP contribution >= 0.6 is 0 Å². The van der Waals surface area contributed by atoms with Crippen LogP contribution in [0.1, 0.15) is 12.6 Å². The molecule has 0 unspecified atom stereocenters. The predicted molar refractivity (Wildman–Crippen MR) is 112 cm³/mol. The molecule has 0 fully saturated rings. The zero-order valence-corrected chi connectivity index (χ0v) is 16.7. The quantitative estimate of drug-likeness (QED) is 0.331. The summed E-state index contributed by atoms with van der Waals surface area (Å²) in [6, 6.07) is 11.5. The summed E-state index contributed by atoms with van der Waals surface area (Å²) in [5.74, 6) is -0.501. The fourth-order valence-corrected chi connectivity index (χ4v) is 3.76. The maximum atomic E-state index is 14.9. The molecule has 9 heteroatoms. The van der Waals surface area contributed by atoms with Crippen molar-refractivity contribution in [1.82, 2.24) is 24.7 Å². The maximum Gasteiger partial charge on any atom is 0.433 e. The van der Waals surface area contributed by atoms with Crippen LogP contribution in [0.25, 0.3) is 44.3 Å². The van der Waals surface area contributed by atoms with Crippen LogP contribution in [0.5, 0.6) is 0 Å². The van der Waals surface area contributed by atoms with Crippen molar-refractivity contribution in [3.8, 4) is 22.3 Å². The van der Waals surface area contributed by atoms with E-state index in [2.05, 4.69) is 20.2 Å². The molecule has 0 N–H and O–H groups in total. The lowest BCUT2D eigenvalue weighted by molar-refractivity contribution is -0.140. The minimum Gasteiger partial charge on any atom is -0.314 e. The molecule has 0 amide bonds. The Kier molecular flexibility index (Phi) is 4.61. The van der Waals surface area contributed by atoms with Gasteiger partial charge in [0.1, 0.15) is 17.0 Å². The predicted octanol–water partition coefficient (Wildman–Crippen LogP) is 5.89. The molecule has 2 aromatic carbocycles. The number of imidazole rings is 1. The van der Waals surface area contributed by atoms with Crippen molar-refractivity contribution in [2.45, 2.75) is 19.6 Å². The smallest absolute Gasteiger partial charge is 0.314 e. The van der Waals surface area contributed by atoms with E-state index < -0.39 is 17.7 Å². The van der Waals surface area contributed by atoms with Crippen molar-refractivity contribution >= 4 is 22.1 Å². The first-order valence-electron chi connectivity index (χ1n) is 9.80. The summed E-state index contributed by atoms with van der Waals surface area (Å²) in [7, 11) is 0. The van der Waals surface area contributed by atoms with Gasteiger partial charge in [0.2, 0.25) is 0 Å². The van der Waals surface area contributed by atoms with Crippen molar-refractivity contribution in [2.75, 3.05) is 0 Å². The molecule has 0 aliphatic rings. The van der Waals surface area contributed by atoms with Crippen LogP contribution < -0.4 is 0 Å². The maximum absolute atomic E-state index is 14.9. The largest absolute Gasteiger partial charge is 0.433 e. The van der Waals surface area contributed by atoms with Gasteiger partial charge < -0.3 is 4.57 Å². The summed E-state index contributed by atoms with van der Waals surface area (Å²) in [4.78, 5) is 8.14. The highest BCUT2D eigenvalue weighted by atomic mass is 19.4. The minimum absolute atomic E-state index is 0.136. The van der Waals surface area contributed by atoms with Crippen molar-refractivity contribution in [3.05, 3.63) is 72.6 Å². The summed E-state index contributed by atoms with van der Waals surface area (Å²) >= 11 is 0. The lowest BCUT2D eigenvalue weighted by atomic mass is 9.96. The van der Waals surface area contributed by atoms with Gasteiger partial charge in [-0.3, -0.25) is 0 Å². The number of alkyl halides is 3. The summed E-state index contributed by atoms with van der Waals surface area (Å²) in [5, 5.41) is 8.62. The molecule has 0 aliphatic heterocycles. The Morgan fingerprint density at radius 3 is 2.59 bits per heavy atom. The number of rotatable bonds is 3. The van der Waals surface area contributed by atoms with Gasteiger partial charge in [-0.25, -0.2) is 14.4 Å². The first-order chi connectivity index (χ1) is 15.4. The molecule has 0 radical (unpaired) electrons. The highest BCUT2D eigenvalue weighted by Gasteiger charge is 2.32. The van der Waals surface area contributed by atoms with Gasteiger partial charge in [-0.15, -0.1) is 5.10 Å². The first-order valence-corrected chi connectivity index (χ1v) is 9.80. The van der Waals surface area contributed by atoms with E-state index in [0.29, 0.717) is 39.8 Å². The number of halogens is 4. The molecular formula is C23H15F4N5. The molecule has 5 aromatic rings. The summed E-state index contributed by atoms with van der Waals surface area (Å²) < 4.78 is 55.9. The van der Waals surface area contributed by atoms with E-state index in [0.717, 1.165) is 6.07 Å². The zero-order chi connectivity index (χ0) is 22.5. The van der Waals surface area contributed by atoms with Gasteiger partial charge in [-0.2, -0.15) is 18.3 Å². The average Bonchev–Trinajstić information content (AvgIpc) is 3.21. The van der Waals surface area contributed by atoms with Crippen molar-refractivity contribution in [1.29, 1.82) is 0 Å². The van der Waals surface area contributed by atoms with E-state index in [-0.39, 0.29) is 11.1 Å². The van der Waals surface area contributed by atoms with Crippen LogP contribution in [-0.2, 0) is 12.7 Å². The van der Waals surface area contributed by atoms with Crippen LogP contribution in [0.3, 0.4) is 0 Å². The second-order valence-electron chi connectivity index (χ2n) is 7.22. The van der Waals surface area contributed by atoms with Gasteiger partial charge in [0.25, 0.3) is 0 Å². The van der Waals surface area contributed by atoms with E-state index in [4.69, 9.17) is 0 Å². The molecule has 0 aliphatic carbocycles. The molecule has 5 nitrogen and oxygen atoms in total. The molecule has 0 bridgehead atoms. The Morgan fingerprint density at radius 2 is 1.81 bits per heavy atom. The molecule has 0 saturated carbocycles. The van der Waals surface area contributed by atoms with Gasteiger partial charge >= 0.3 is 6.18 Å². The van der Waals surface area contributed by atoms with E-state index in [1.807, 2.05) is 11.5 Å². The Morgan fingerprint density at radius 1 is 0.969 bits per heavy atom. The molecular weight excluding hydrogens is 422 g/mol. The Hall–Kier alpha value is -3.88. The van der Waals surface area contributed by atoms with Crippen LogP contribution in [-0.4, -0.2) is 24.7 Å². The average molecular weight is 437 g/mol. The second kappa shape index (κ2) is 7.37. The third-order valence-electron chi connectivity index (χ3n) is 5.34. The number of hydrogen-bond donors (Lipinski definition) is 0. The Balaban J connectivity index is 1.69. The fraction of sp³-hybridized carbons (Fsp3) is 0.130. The van der Waals surface area contributed by atoms with E-state index in [1.165, 1.54) is 18.2 Å². The van der Waals surface area contributed by atoms with E-state index in [9.17, 15) is 17.6 Å². The molecule has 5 rings (SSSR count). The van der Waals surface area contributed by atoms with Gasteiger partial charge in [0, 0.05) is 23.1 Å². The molecule has 32 heavy (non-hydrogen) atoms. The van der Waals surface area contributed by atoms with Crippen LogP contribution in [0, 0.1) is 5.82 Å². The number of aromatic nitrogens is 5. The first kappa shape index (κ1) is 20.0. The van der Waals surface area contributed by atoms with Crippen molar-refractivity contribution in [2.24, 2.45) is 0 Å². The van der Waals surface area contributed by atoms with Crippen LogP contribution in [0.2, 0.25) is 0 Å². The van der Waals surface area contributed by atoms with Gasteiger partial charge in [0.05, 0.1) is 18.0 Å². The molecule has 0 atom stereocenters. The van der Waals surface area contributed by atoms with E-state index >= 15 is 0 Å². The summed E-state index contributed by atoms with van der Waals surface area (Å²) in [6.45, 7) is 2.64. The van der Waals surface area contributed by atoms with Gasteiger partial charge in [0.15, 0.2) is 5.65 Å². The van der Waals surface area contributed by atoms with E-state index in [1.54, 1.807) is 36.8 Å². The summed E-state index contributed by atoms with van der Waals surface area (Å²) in [6.07, 6.45) is -1.33. The topological polar surface area (TPSA) is 56.5 Å². The standard InChI is InChI=1S/C23H15F4N5/c1-2-32-12-28-21-17(11-29-31-22(21)32)13-6-8-18(24)16(10-13)14-4-3-5-19-15(14)7-9-20(30-19)23(25,26)27/h3-12H,2H2,1H3. The molecule has 160 valence electrons. The number of nitrogens with zero attached hydrogens (tertiary/aromatic N) is 5. The van der Waals surface area contributed by atoms with Crippen LogP contribution in [0.4, 0.5) is 17.6 Å². The number of fused-ring (bicyclic) bond motifs is 2. The Labute approximate surface area is 179 Å². The lowest BCUT2D eigenvalue weighted by Crippen LogP contribution is -2.07. The third-order valence-corrected chi connectivity index (χ3v) is 5.34. The molecule has 3 heterocycles. The minimum atomic E-state index is -4.56. The third kappa shape index (κ3) is 3.26. The fourth-order valence-electron chi connectivity index (χ4n) is 3.76. The molecule has 3 aromatic heterocycles.